The van der Waals surface area contributed by atoms with E-state index in [0.29, 0.717) is 54.1 Å². The third-order valence-electron chi connectivity index (χ3n) is 5.79. The molecule has 0 unspecified atom stereocenters. The predicted octanol–water partition coefficient (Wildman–Crippen LogP) is 2.61. The van der Waals surface area contributed by atoms with E-state index in [1.54, 1.807) is 6.07 Å². The molecule has 0 amide bonds. The highest BCUT2D eigenvalue weighted by Crippen LogP contribution is 2.36. The van der Waals surface area contributed by atoms with Gasteiger partial charge in [0.25, 0.3) is 6.01 Å². The normalized spacial score (nSPS) is 14.9. The van der Waals surface area contributed by atoms with Gasteiger partial charge in [0, 0.05) is 12.6 Å². The Hall–Kier alpha value is -3.02. The molecule has 2 heterocycles. The van der Waals surface area contributed by atoms with E-state index in [-0.39, 0.29) is 10.9 Å². The fourth-order valence-corrected chi connectivity index (χ4v) is 4.69. The maximum atomic E-state index is 11.8. The van der Waals surface area contributed by atoms with Crippen molar-refractivity contribution < 1.29 is 22.3 Å². The lowest BCUT2D eigenvalue weighted by atomic mass is 10.0. The number of aromatic nitrogens is 1. The Labute approximate surface area is 199 Å². The van der Waals surface area contributed by atoms with Crippen LogP contribution < -0.4 is 30.6 Å². The first kappa shape index (κ1) is 24.1. The largest absolute Gasteiger partial charge is 0.492 e. The summed E-state index contributed by atoms with van der Waals surface area (Å²) in [5, 5.41) is 8.67. The van der Waals surface area contributed by atoms with Crippen molar-refractivity contribution in [1.82, 2.24) is 10.3 Å². The summed E-state index contributed by atoms with van der Waals surface area (Å²) in [6.45, 7) is 7.02. The van der Waals surface area contributed by atoms with Gasteiger partial charge in [-0.1, -0.05) is 0 Å². The molecule has 0 spiro atoms. The lowest BCUT2D eigenvalue weighted by Gasteiger charge is -2.33. The van der Waals surface area contributed by atoms with Gasteiger partial charge in [0.05, 0.1) is 18.1 Å². The predicted molar refractivity (Wildman–Crippen MR) is 131 cm³/mol. The number of nitrogens with one attached hydrogen (secondary N) is 1. The Kier molecular flexibility index (Phi) is 7.15. The molecule has 1 aliphatic heterocycles. The number of rotatable bonds is 9. The number of nitrogens with two attached hydrogens (primary N) is 2. The first-order valence-corrected chi connectivity index (χ1v) is 12.9. The van der Waals surface area contributed by atoms with Crippen LogP contribution in [0.5, 0.6) is 11.5 Å². The van der Waals surface area contributed by atoms with Crippen LogP contribution >= 0.6 is 0 Å². The molecule has 0 bridgehead atoms. The van der Waals surface area contributed by atoms with Crippen molar-refractivity contribution in [3.63, 3.8) is 0 Å². The first-order valence-electron chi connectivity index (χ1n) is 11.4. The highest BCUT2D eigenvalue weighted by Gasteiger charge is 2.27. The maximum Gasteiger partial charge on any atom is 0.298 e. The number of nitrogen functional groups attached to an aromatic ring is 1. The van der Waals surface area contributed by atoms with E-state index in [9.17, 15) is 8.42 Å². The van der Waals surface area contributed by atoms with Crippen molar-refractivity contribution >= 4 is 32.8 Å². The molecule has 4 rings (SSSR count). The van der Waals surface area contributed by atoms with Crippen molar-refractivity contribution in [2.45, 2.75) is 44.2 Å². The van der Waals surface area contributed by atoms with Crippen LogP contribution in [0.3, 0.4) is 0 Å². The van der Waals surface area contributed by atoms with Gasteiger partial charge in [0.1, 0.15) is 22.7 Å². The summed E-state index contributed by atoms with van der Waals surface area (Å²) >= 11 is 0. The number of nitrogens with zero attached hydrogens (tertiary/aromatic N) is 2. The van der Waals surface area contributed by atoms with Crippen LogP contribution in [0.15, 0.2) is 39.6 Å². The zero-order chi connectivity index (χ0) is 24.3. The quantitative estimate of drug-likeness (QED) is 0.386. The minimum Gasteiger partial charge on any atom is -0.492 e. The molecule has 1 saturated heterocycles. The number of benzene rings is 2. The standard InChI is InChI=1S/C23H31N5O5S/c1-3-31-20-11-15(12-21(22(20)24)32-4-2)14-28(16-7-9-26-10-8-16)23-27-18-13-17(34(25,29)30)5-6-19(18)33-23/h5-6,11-13,16,26H,3-4,7-10,14,24H2,1-2H3,(H2,25,29,30). The molecule has 0 atom stereocenters. The van der Waals surface area contributed by atoms with Gasteiger partial charge in [0.15, 0.2) is 5.58 Å². The van der Waals surface area contributed by atoms with Gasteiger partial charge in [-0.25, -0.2) is 13.6 Å². The molecule has 1 aromatic heterocycles. The fourth-order valence-electron chi connectivity index (χ4n) is 4.16. The maximum absolute atomic E-state index is 11.8. The van der Waals surface area contributed by atoms with Crippen LogP contribution in [0.1, 0.15) is 32.3 Å². The van der Waals surface area contributed by atoms with Crippen molar-refractivity contribution in [2.75, 3.05) is 36.9 Å². The van der Waals surface area contributed by atoms with E-state index >= 15 is 0 Å². The van der Waals surface area contributed by atoms with Crippen LogP contribution in [0.4, 0.5) is 11.7 Å². The van der Waals surface area contributed by atoms with Crippen LogP contribution in [0.25, 0.3) is 11.1 Å². The summed E-state index contributed by atoms with van der Waals surface area (Å²) in [6.07, 6.45) is 1.82. The van der Waals surface area contributed by atoms with Crippen molar-refractivity contribution in [3.05, 3.63) is 35.9 Å². The third kappa shape index (κ3) is 5.21. The molecule has 0 radical (unpaired) electrons. The minimum atomic E-state index is -3.84. The van der Waals surface area contributed by atoms with Gasteiger partial charge >= 0.3 is 0 Å². The van der Waals surface area contributed by atoms with E-state index in [1.165, 1.54) is 12.1 Å². The number of hydrogen-bond donors (Lipinski definition) is 3. The molecule has 1 aliphatic rings. The van der Waals surface area contributed by atoms with E-state index in [4.69, 9.17) is 24.8 Å². The van der Waals surface area contributed by atoms with Crippen LogP contribution in [-0.2, 0) is 16.6 Å². The smallest absolute Gasteiger partial charge is 0.298 e. The molecular weight excluding hydrogens is 458 g/mol. The molecule has 0 saturated carbocycles. The summed E-state index contributed by atoms with van der Waals surface area (Å²) in [6, 6.07) is 8.85. The number of anilines is 2. The summed E-state index contributed by atoms with van der Waals surface area (Å²) in [7, 11) is -3.84. The number of sulfonamides is 1. The second kappa shape index (κ2) is 10.1. The summed E-state index contributed by atoms with van der Waals surface area (Å²) in [5.41, 5.74) is 8.58. The lowest BCUT2D eigenvalue weighted by Crippen LogP contribution is -2.43. The summed E-state index contributed by atoms with van der Waals surface area (Å²) in [4.78, 5) is 6.73. The van der Waals surface area contributed by atoms with Gasteiger partial charge in [-0.2, -0.15) is 4.98 Å². The lowest BCUT2D eigenvalue weighted by molar-refractivity contribution is 0.325. The SMILES string of the molecule is CCOc1cc(CN(c2nc3cc(S(N)(=O)=O)ccc3o2)C2CCNCC2)cc(OCC)c1N. The van der Waals surface area contributed by atoms with Crippen LogP contribution in [-0.4, -0.2) is 45.7 Å². The Morgan fingerprint density at radius 2 is 1.76 bits per heavy atom. The Morgan fingerprint density at radius 1 is 1.12 bits per heavy atom. The van der Waals surface area contributed by atoms with E-state index < -0.39 is 10.0 Å². The summed E-state index contributed by atoms with van der Waals surface area (Å²) < 4.78 is 41.1. The fraction of sp³-hybridized carbons (Fsp3) is 0.435. The number of ether oxygens (including phenoxy) is 2. The van der Waals surface area contributed by atoms with Gasteiger partial charge in [0.2, 0.25) is 10.0 Å². The Bertz CT molecular complexity index is 1230. The van der Waals surface area contributed by atoms with E-state index in [2.05, 4.69) is 15.2 Å². The van der Waals surface area contributed by atoms with Crippen LogP contribution in [0, 0.1) is 0 Å². The van der Waals surface area contributed by atoms with Gasteiger partial charge in [-0.05, 0) is 75.7 Å². The van der Waals surface area contributed by atoms with Gasteiger partial charge < -0.3 is 29.8 Å². The minimum absolute atomic E-state index is 0.00508. The molecule has 10 nitrogen and oxygen atoms in total. The number of piperidine rings is 1. The van der Waals surface area contributed by atoms with Crippen molar-refractivity contribution in [1.29, 1.82) is 0 Å². The number of hydrogen-bond acceptors (Lipinski definition) is 9. The zero-order valence-electron chi connectivity index (χ0n) is 19.4. The van der Waals surface area contributed by atoms with Gasteiger partial charge in [-0.3, -0.25) is 0 Å². The molecule has 1 fully saturated rings. The Morgan fingerprint density at radius 3 is 2.35 bits per heavy atom. The second-order valence-electron chi connectivity index (χ2n) is 8.15. The topological polar surface area (TPSA) is 146 Å². The number of fused-ring (bicyclic) bond motifs is 1. The first-order chi connectivity index (χ1) is 16.3. The molecule has 11 heteroatoms. The van der Waals surface area contributed by atoms with Crippen LogP contribution in [0.2, 0.25) is 0 Å². The number of oxazole rings is 1. The second-order valence-corrected chi connectivity index (χ2v) is 9.71. The highest BCUT2D eigenvalue weighted by atomic mass is 32.2. The van der Waals surface area contributed by atoms with E-state index in [1.807, 2.05) is 26.0 Å². The number of primary sulfonamides is 1. The molecular formula is C23H31N5O5S. The molecule has 184 valence electrons. The van der Waals surface area contributed by atoms with E-state index in [0.717, 1.165) is 31.5 Å². The van der Waals surface area contributed by atoms with Crippen molar-refractivity contribution in [2.24, 2.45) is 5.14 Å². The molecule has 3 aromatic rings. The molecule has 5 N–H and O–H groups in total. The molecule has 2 aromatic carbocycles. The van der Waals surface area contributed by atoms with Crippen molar-refractivity contribution in [3.8, 4) is 11.5 Å². The molecule has 34 heavy (non-hydrogen) atoms. The third-order valence-corrected chi connectivity index (χ3v) is 6.70. The average molecular weight is 490 g/mol. The zero-order valence-corrected chi connectivity index (χ0v) is 20.2. The van der Waals surface area contributed by atoms with Gasteiger partial charge in [-0.15, -0.1) is 0 Å². The summed E-state index contributed by atoms with van der Waals surface area (Å²) in [5.74, 6) is 1.15. The monoisotopic (exact) mass is 489 g/mol. The Balaban J connectivity index is 1.74. The average Bonchev–Trinajstić information content (AvgIpc) is 3.24. The highest BCUT2D eigenvalue weighted by molar-refractivity contribution is 7.89. The molecule has 0 aliphatic carbocycles.